The first-order valence-corrected chi connectivity index (χ1v) is 6.86. The lowest BCUT2D eigenvalue weighted by Crippen LogP contribution is -2.21. The molecule has 0 aliphatic carbocycles. The van der Waals surface area contributed by atoms with Gasteiger partial charge in [0.25, 0.3) is 10.0 Å². The Hall–Kier alpha value is -2.29. The van der Waals surface area contributed by atoms with Crippen LogP contribution in [0.3, 0.4) is 0 Å². The Labute approximate surface area is 109 Å². The molecule has 0 bridgehead atoms. The van der Waals surface area contributed by atoms with Gasteiger partial charge in [0.15, 0.2) is 0 Å². The van der Waals surface area contributed by atoms with Crippen molar-refractivity contribution in [2.24, 2.45) is 0 Å². The van der Waals surface area contributed by atoms with E-state index >= 15 is 0 Å². The van der Waals surface area contributed by atoms with E-state index < -0.39 is 16.0 Å². The van der Waals surface area contributed by atoms with Crippen LogP contribution >= 0.6 is 0 Å². The Morgan fingerprint density at radius 3 is 2.68 bits per heavy atom. The highest BCUT2D eigenvalue weighted by molar-refractivity contribution is 7.92. The van der Waals surface area contributed by atoms with Crippen LogP contribution < -0.4 is 4.83 Å². The molecule has 0 unspecified atom stereocenters. The molecule has 102 valence electrons. The minimum Gasteiger partial charge on any atom is -0.481 e. The molecule has 2 rings (SSSR count). The van der Waals surface area contributed by atoms with Gasteiger partial charge in [-0.15, -0.1) is 0 Å². The SMILES string of the molecule is O=C(O)CCn1cc(S(=O)(=O)Nn2cccc2)cn1. The zero-order valence-electron chi connectivity index (χ0n) is 9.80. The van der Waals surface area contributed by atoms with Crippen molar-refractivity contribution in [1.82, 2.24) is 14.5 Å². The molecule has 8 nitrogen and oxygen atoms in total. The molecule has 0 spiro atoms. The molecule has 0 amide bonds. The molecule has 2 heterocycles. The summed E-state index contributed by atoms with van der Waals surface area (Å²) < 4.78 is 26.5. The maximum atomic E-state index is 11.9. The van der Waals surface area contributed by atoms with Crippen LogP contribution in [0.15, 0.2) is 41.8 Å². The van der Waals surface area contributed by atoms with Gasteiger partial charge < -0.3 is 5.11 Å². The van der Waals surface area contributed by atoms with Crippen molar-refractivity contribution in [3.8, 4) is 0 Å². The number of nitrogens with one attached hydrogen (secondary N) is 1. The fourth-order valence-electron chi connectivity index (χ4n) is 1.40. The molecule has 0 aliphatic heterocycles. The van der Waals surface area contributed by atoms with Gasteiger partial charge in [0, 0.05) is 18.6 Å². The Kier molecular flexibility index (Phi) is 3.56. The minimum atomic E-state index is -3.72. The van der Waals surface area contributed by atoms with Crippen molar-refractivity contribution in [2.45, 2.75) is 17.9 Å². The number of aliphatic carboxylic acids is 1. The third-order valence-corrected chi connectivity index (χ3v) is 3.59. The van der Waals surface area contributed by atoms with Crippen LogP contribution in [0.5, 0.6) is 0 Å². The number of carbonyl (C=O) groups is 1. The van der Waals surface area contributed by atoms with E-state index in [0.717, 1.165) is 0 Å². The standard InChI is InChI=1S/C10H12N4O4S/c15-10(16)3-6-14-8-9(7-11-14)19(17,18)12-13-4-1-2-5-13/h1-2,4-5,7-8,12H,3,6H2,(H,15,16). The number of carboxylic acid groups (broad SMARTS) is 1. The molecule has 19 heavy (non-hydrogen) atoms. The van der Waals surface area contributed by atoms with Gasteiger partial charge in [-0.25, -0.2) is 4.83 Å². The molecule has 0 radical (unpaired) electrons. The highest BCUT2D eigenvalue weighted by atomic mass is 32.2. The van der Waals surface area contributed by atoms with Gasteiger partial charge >= 0.3 is 5.97 Å². The molecule has 0 saturated carbocycles. The lowest BCUT2D eigenvalue weighted by molar-refractivity contribution is -0.137. The van der Waals surface area contributed by atoms with E-state index in [4.69, 9.17) is 5.11 Å². The topological polar surface area (TPSA) is 106 Å². The van der Waals surface area contributed by atoms with Gasteiger partial charge in [0.2, 0.25) is 0 Å². The smallest absolute Gasteiger partial charge is 0.305 e. The number of carboxylic acids is 1. The van der Waals surface area contributed by atoms with Crippen molar-refractivity contribution in [3.05, 3.63) is 36.9 Å². The lowest BCUT2D eigenvalue weighted by atomic mass is 10.4. The van der Waals surface area contributed by atoms with E-state index in [0.29, 0.717) is 0 Å². The van der Waals surface area contributed by atoms with Gasteiger partial charge in [-0.2, -0.15) is 13.5 Å². The zero-order chi connectivity index (χ0) is 13.9. The van der Waals surface area contributed by atoms with Crippen LogP contribution in [0, 0.1) is 0 Å². The summed E-state index contributed by atoms with van der Waals surface area (Å²) in [6.45, 7) is 0.119. The maximum absolute atomic E-state index is 11.9. The van der Waals surface area contributed by atoms with E-state index in [9.17, 15) is 13.2 Å². The van der Waals surface area contributed by atoms with E-state index in [1.54, 1.807) is 24.5 Å². The zero-order valence-corrected chi connectivity index (χ0v) is 10.6. The predicted molar refractivity (Wildman–Crippen MR) is 65.5 cm³/mol. The van der Waals surface area contributed by atoms with Crippen LogP contribution in [0.2, 0.25) is 0 Å². The molecule has 0 aromatic carbocycles. The van der Waals surface area contributed by atoms with Crippen molar-refractivity contribution in [3.63, 3.8) is 0 Å². The van der Waals surface area contributed by atoms with Crippen molar-refractivity contribution >= 4 is 16.0 Å². The molecule has 0 atom stereocenters. The van der Waals surface area contributed by atoms with Crippen LogP contribution in [0.4, 0.5) is 0 Å². The average molecular weight is 284 g/mol. The van der Waals surface area contributed by atoms with Gasteiger partial charge in [-0.3, -0.25) is 14.2 Å². The second-order valence-corrected chi connectivity index (χ2v) is 5.43. The summed E-state index contributed by atoms with van der Waals surface area (Å²) in [7, 11) is -3.72. The summed E-state index contributed by atoms with van der Waals surface area (Å²) >= 11 is 0. The van der Waals surface area contributed by atoms with Crippen molar-refractivity contribution < 1.29 is 18.3 Å². The summed E-state index contributed by atoms with van der Waals surface area (Å²) in [6.07, 6.45) is 5.44. The predicted octanol–water partition coefficient (Wildman–Crippen LogP) is 0.0917. The molecular formula is C10H12N4O4S. The van der Waals surface area contributed by atoms with Crippen LogP contribution in [-0.4, -0.2) is 34.0 Å². The number of aryl methyl sites for hydroxylation is 1. The normalized spacial score (nSPS) is 11.4. The molecule has 0 saturated heterocycles. The fourth-order valence-corrected chi connectivity index (χ4v) is 2.35. The summed E-state index contributed by atoms with van der Waals surface area (Å²) in [5.41, 5.74) is 0. The van der Waals surface area contributed by atoms with Crippen LogP contribution in [0.25, 0.3) is 0 Å². The van der Waals surface area contributed by atoms with Crippen molar-refractivity contribution in [1.29, 1.82) is 0 Å². The number of rotatable bonds is 6. The second kappa shape index (κ2) is 5.14. The molecule has 2 aromatic rings. The van der Waals surface area contributed by atoms with Gasteiger partial charge in [0.05, 0.1) is 19.2 Å². The Balaban J connectivity index is 2.10. The molecule has 0 fully saturated rings. The van der Waals surface area contributed by atoms with E-state index in [1.165, 1.54) is 21.8 Å². The van der Waals surface area contributed by atoms with Crippen LogP contribution in [0.1, 0.15) is 6.42 Å². The lowest BCUT2D eigenvalue weighted by Gasteiger charge is -2.06. The summed E-state index contributed by atoms with van der Waals surface area (Å²) in [5.74, 6) is -0.967. The Bertz CT molecular complexity index is 660. The quantitative estimate of drug-likeness (QED) is 0.782. The third-order valence-electron chi connectivity index (χ3n) is 2.30. The number of aromatic nitrogens is 3. The Morgan fingerprint density at radius 2 is 2.05 bits per heavy atom. The maximum Gasteiger partial charge on any atom is 0.305 e. The molecule has 9 heteroatoms. The average Bonchev–Trinajstić information content (AvgIpc) is 2.96. The summed E-state index contributed by atoms with van der Waals surface area (Å²) in [6, 6.07) is 3.36. The van der Waals surface area contributed by atoms with Gasteiger partial charge in [0.1, 0.15) is 4.90 Å². The largest absolute Gasteiger partial charge is 0.481 e. The first kappa shape index (κ1) is 13.1. The van der Waals surface area contributed by atoms with Crippen LogP contribution in [-0.2, 0) is 21.4 Å². The summed E-state index contributed by atoms with van der Waals surface area (Å²) in [4.78, 5) is 12.7. The van der Waals surface area contributed by atoms with E-state index in [1.807, 2.05) is 0 Å². The second-order valence-electron chi connectivity index (χ2n) is 3.77. The molecular weight excluding hydrogens is 272 g/mol. The van der Waals surface area contributed by atoms with E-state index in [2.05, 4.69) is 9.93 Å². The number of hydrogen-bond donors (Lipinski definition) is 2. The molecule has 2 N–H and O–H groups in total. The summed E-state index contributed by atoms with van der Waals surface area (Å²) in [5, 5.41) is 12.3. The number of nitrogens with zero attached hydrogens (tertiary/aromatic N) is 3. The highest BCUT2D eigenvalue weighted by Gasteiger charge is 2.16. The number of hydrogen-bond acceptors (Lipinski definition) is 4. The first-order valence-electron chi connectivity index (χ1n) is 5.37. The van der Waals surface area contributed by atoms with E-state index in [-0.39, 0.29) is 17.9 Å². The fraction of sp³-hybridized carbons (Fsp3) is 0.200. The Morgan fingerprint density at radius 1 is 1.37 bits per heavy atom. The first-order chi connectivity index (χ1) is 8.97. The van der Waals surface area contributed by atoms with Gasteiger partial charge in [-0.1, -0.05) is 0 Å². The number of sulfonamides is 1. The molecule has 0 aliphatic rings. The third kappa shape index (κ3) is 3.35. The monoisotopic (exact) mass is 284 g/mol. The minimum absolute atomic E-state index is 0.0217. The van der Waals surface area contributed by atoms with Gasteiger partial charge in [-0.05, 0) is 12.1 Å². The molecule has 2 aromatic heterocycles. The highest BCUT2D eigenvalue weighted by Crippen LogP contribution is 2.08. The van der Waals surface area contributed by atoms with Crippen molar-refractivity contribution in [2.75, 3.05) is 4.83 Å².